The molecule has 0 atom stereocenters. The largest absolute Gasteiger partial charge is 0.457 e. The van der Waals surface area contributed by atoms with E-state index in [1.165, 1.54) is 6.26 Å². The molecule has 0 unspecified atom stereocenters. The summed E-state index contributed by atoms with van der Waals surface area (Å²) >= 11 is 9.27. The fourth-order valence-electron chi connectivity index (χ4n) is 2.02. The van der Waals surface area contributed by atoms with Crippen molar-refractivity contribution in [2.75, 3.05) is 5.32 Å². The Kier molecular flexibility index (Phi) is 2.95. The molecule has 4 nitrogen and oxygen atoms in total. The van der Waals surface area contributed by atoms with Crippen LogP contribution >= 0.6 is 27.5 Å². The van der Waals surface area contributed by atoms with Crippen molar-refractivity contribution in [2.24, 2.45) is 0 Å². The fourth-order valence-corrected chi connectivity index (χ4v) is 2.69. The van der Waals surface area contributed by atoms with Crippen LogP contribution in [0.2, 0.25) is 5.02 Å². The Labute approximate surface area is 121 Å². The minimum atomic E-state index is -0.243. The third-order valence-electron chi connectivity index (χ3n) is 2.93. The summed E-state index contributed by atoms with van der Waals surface area (Å²) in [6.45, 7) is 0. The molecule has 2 heterocycles. The van der Waals surface area contributed by atoms with Gasteiger partial charge in [-0.15, -0.1) is 0 Å². The predicted molar refractivity (Wildman–Crippen MR) is 73.6 cm³/mol. The lowest BCUT2D eigenvalue weighted by Gasteiger charge is -2.06. The van der Waals surface area contributed by atoms with E-state index in [1.807, 2.05) is 0 Å². The van der Waals surface area contributed by atoms with Crippen LogP contribution in [0.25, 0.3) is 0 Å². The molecule has 1 aromatic heterocycles. The summed E-state index contributed by atoms with van der Waals surface area (Å²) in [5.41, 5.74) is 2.20. The van der Waals surface area contributed by atoms with Gasteiger partial charge in [-0.1, -0.05) is 11.6 Å². The van der Waals surface area contributed by atoms with Gasteiger partial charge in [-0.05, 0) is 39.7 Å². The van der Waals surface area contributed by atoms with Crippen molar-refractivity contribution >= 4 is 44.9 Å². The average Bonchev–Trinajstić information content (AvgIpc) is 2.92. The van der Waals surface area contributed by atoms with E-state index in [0.717, 1.165) is 5.56 Å². The van der Waals surface area contributed by atoms with Crippen molar-refractivity contribution in [3.63, 3.8) is 0 Å². The molecule has 1 N–H and O–H groups in total. The van der Waals surface area contributed by atoms with Crippen LogP contribution in [0, 0.1) is 0 Å². The number of carbonyl (C=O) groups excluding carboxylic acids is 2. The highest BCUT2D eigenvalue weighted by atomic mass is 79.9. The summed E-state index contributed by atoms with van der Waals surface area (Å²) in [4.78, 5) is 23.7. The number of fused-ring (bicyclic) bond motifs is 1. The number of ketones is 1. The Morgan fingerprint density at radius 3 is 2.84 bits per heavy atom. The highest BCUT2D eigenvalue weighted by molar-refractivity contribution is 9.10. The zero-order chi connectivity index (χ0) is 13.6. The molecule has 0 radical (unpaired) electrons. The van der Waals surface area contributed by atoms with Crippen LogP contribution in [0.5, 0.6) is 0 Å². The Hall–Kier alpha value is -1.59. The number of furan rings is 1. The number of hydrogen-bond acceptors (Lipinski definition) is 3. The summed E-state index contributed by atoms with van der Waals surface area (Å²) in [6.07, 6.45) is 1.68. The molecule has 6 heteroatoms. The van der Waals surface area contributed by atoms with Gasteiger partial charge in [0.05, 0.1) is 23.3 Å². The van der Waals surface area contributed by atoms with Gasteiger partial charge in [-0.3, -0.25) is 9.59 Å². The summed E-state index contributed by atoms with van der Waals surface area (Å²) in [6, 6.07) is 4.82. The zero-order valence-electron chi connectivity index (χ0n) is 9.50. The summed E-state index contributed by atoms with van der Waals surface area (Å²) in [5, 5.41) is 2.99. The molecule has 2 aromatic rings. The Balaban J connectivity index is 2.07. The van der Waals surface area contributed by atoms with Crippen LogP contribution in [0.1, 0.15) is 21.5 Å². The third-order valence-corrected chi connectivity index (χ3v) is 3.85. The summed E-state index contributed by atoms with van der Waals surface area (Å²) in [5.74, 6) is -0.340. The molecule has 96 valence electrons. The van der Waals surface area contributed by atoms with Crippen molar-refractivity contribution < 1.29 is 14.0 Å². The lowest BCUT2D eigenvalue weighted by Crippen LogP contribution is -2.03. The number of rotatable bonds is 2. The number of carbonyl (C=O) groups is 2. The van der Waals surface area contributed by atoms with E-state index in [2.05, 4.69) is 21.2 Å². The monoisotopic (exact) mass is 339 g/mol. The van der Waals surface area contributed by atoms with Gasteiger partial charge in [0.15, 0.2) is 10.5 Å². The number of hydrogen-bond donors (Lipinski definition) is 1. The topological polar surface area (TPSA) is 59.3 Å². The number of nitrogens with one attached hydrogen (secondary N) is 1. The third kappa shape index (κ3) is 2.09. The molecule has 1 aliphatic rings. The molecule has 3 rings (SSSR count). The zero-order valence-corrected chi connectivity index (χ0v) is 11.8. The average molecular weight is 341 g/mol. The predicted octanol–water partition coefficient (Wildman–Crippen LogP) is 3.42. The SMILES string of the molecule is O=C1Cc2cc(C(=O)c3ccoc3Br)c(Cl)cc2N1. The van der Waals surface area contributed by atoms with E-state index >= 15 is 0 Å². The molecule has 1 aromatic carbocycles. The second kappa shape index (κ2) is 4.51. The lowest BCUT2D eigenvalue weighted by molar-refractivity contribution is -0.115. The van der Waals surface area contributed by atoms with Gasteiger partial charge in [0.1, 0.15) is 0 Å². The molecule has 0 bridgehead atoms. The standard InChI is InChI=1S/C13H7BrClNO3/c14-13-7(1-2-19-13)12(18)8-3-6-4-11(17)16-10(6)5-9(8)15/h1-3,5H,4H2,(H,16,17). The highest BCUT2D eigenvalue weighted by Crippen LogP contribution is 2.32. The number of benzene rings is 1. The van der Waals surface area contributed by atoms with Crippen molar-refractivity contribution in [1.82, 2.24) is 0 Å². The van der Waals surface area contributed by atoms with Gasteiger partial charge in [0.25, 0.3) is 0 Å². The van der Waals surface area contributed by atoms with Gasteiger partial charge >= 0.3 is 0 Å². The van der Waals surface area contributed by atoms with Crippen LogP contribution < -0.4 is 5.32 Å². The first kappa shape index (κ1) is 12.4. The van der Waals surface area contributed by atoms with E-state index in [0.29, 0.717) is 26.5 Å². The van der Waals surface area contributed by atoms with E-state index in [-0.39, 0.29) is 18.1 Å². The smallest absolute Gasteiger partial charge is 0.228 e. The molecule has 0 saturated carbocycles. The van der Waals surface area contributed by atoms with Crippen LogP contribution in [0.4, 0.5) is 5.69 Å². The molecule has 1 amide bonds. The Morgan fingerprint density at radius 1 is 1.37 bits per heavy atom. The first-order valence-corrected chi connectivity index (χ1v) is 6.63. The van der Waals surface area contributed by atoms with Gasteiger partial charge in [0, 0.05) is 11.3 Å². The van der Waals surface area contributed by atoms with Crippen LogP contribution in [-0.2, 0) is 11.2 Å². The van der Waals surface area contributed by atoms with E-state index in [9.17, 15) is 9.59 Å². The maximum Gasteiger partial charge on any atom is 0.228 e. The van der Waals surface area contributed by atoms with Crippen molar-refractivity contribution in [3.05, 3.63) is 50.8 Å². The second-order valence-corrected chi connectivity index (χ2v) is 5.28. The fraction of sp³-hybridized carbons (Fsp3) is 0.0769. The van der Waals surface area contributed by atoms with E-state index in [4.69, 9.17) is 16.0 Å². The van der Waals surface area contributed by atoms with Gasteiger partial charge in [0.2, 0.25) is 5.91 Å². The minimum Gasteiger partial charge on any atom is -0.457 e. The molecule has 0 spiro atoms. The molecule has 1 aliphatic heterocycles. The van der Waals surface area contributed by atoms with Crippen LogP contribution in [-0.4, -0.2) is 11.7 Å². The molecule has 0 fully saturated rings. The Bertz CT molecular complexity index is 708. The summed E-state index contributed by atoms with van der Waals surface area (Å²) < 4.78 is 5.41. The van der Waals surface area contributed by atoms with Crippen LogP contribution in [0.15, 0.2) is 33.5 Å². The maximum atomic E-state index is 12.4. The van der Waals surface area contributed by atoms with E-state index < -0.39 is 0 Å². The molecular weight excluding hydrogens is 334 g/mol. The number of anilines is 1. The highest BCUT2D eigenvalue weighted by Gasteiger charge is 2.24. The number of amides is 1. The maximum absolute atomic E-state index is 12.4. The number of halogens is 2. The van der Waals surface area contributed by atoms with Gasteiger partial charge in [-0.2, -0.15) is 0 Å². The molecular formula is C13H7BrClNO3. The minimum absolute atomic E-state index is 0.0971. The van der Waals surface area contributed by atoms with Crippen molar-refractivity contribution in [2.45, 2.75) is 6.42 Å². The van der Waals surface area contributed by atoms with Crippen molar-refractivity contribution in [3.8, 4) is 0 Å². The normalized spacial score (nSPS) is 13.3. The molecule has 0 saturated heterocycles. The molecule has 0 aliphatic carbocycles. The summed E-state index contributed by atoms with van der Waals surface area (Å²) in [7, 11) is 0. The first-order chi connectivity index (χ1) is 9.06. The van der Waals surface area contributed by atoms with Crippen LogP contribution in [0.3, 0.4) is 0 Å². The first-order valence-electron chi connectivity index (χ1n) is 5.46. The van der Waals surface area contributed by atoms with Crippen molar-refractivity contribution in [1.29, 1.82) is 0 Å². The van der Waals surface area contributed by atoms with Gasteiger partial charge < -0.3 is 9.73 Å². The second-order valence-electron chi connectivity index (χ2n) is 4.15. The lowest BCUT2D eigenvalue weighted by atomic mass is 10.0. The quantitative estimate of drug-likeness (QED) is 0.852. The molecule has 19 heavy (non-hydrogen) atoms. The Morgan fingerprint density at radius 2 is 2.16 bits per heavy atom. The van der Waals surface area contributed by atoms with E-state index in [1.54, 1.807) is 18.2 Å². The van der Waals surface area contributed by atoms with Gasteiger partial charge in [-0.25, -0.2) is 0 Å².